The van der Waals surface area contributed by atoms with E-state index in [1.807, 2.05) is 0 Å². The Morgan fingerprint density at radius 3 is 3.07 bits per heavy atom. The van der Waals surface area contributed by atoms with Gasteiger partial charge in [-0.3, -0.25) is 4.79 Å². The minimum Gasteiger partial charge on any atom is -0.464 e. The lowest BCUT2D eigenvalue weighted by Crippen LogP contribution is -2.62. The second-order valence-electron chi connectivity index (χ2n) is 3.64. The van der Waals surface area contributed by atoms with E-state index in [1.165, 1.54) is 0 Å². The Hall–Kier alpha value is -1.10. The largest absolute Gasteiger partial charge is 0.464 e. The molecule has 78 valence electrons. The maximum Gasteiger partial charge on any atom is 0.330 e. The third-order valence-electron chi connectivity index (χ3n) is 2.74. The summed E-state index contributed by atoms with van der Waals surface area (Å²) in [4.78, 5) is 22.8. The second-order valence-corrected chi connectivity index (χ2v) is 3.64. The maximum absolute atomic E-state index is 11.5. The van der Waals surface area contributed by atoms with Crippen molar-refractivity contribution in [3.63, 3.8) is 0 Å². The van der Waals surface area contributed by atoms with Crippen LogP contribution in [0.1, 0.15) is 19.8 Å². The molecule has 1 unspecified atom stereocenters. The van der Waals surface area contributed by atoms with Gasteiger partial charge >= 0.3 is 5.97 Å². The molecule has 2 saturated heterocycles. The van der Waals surface area contributed by atoms with Crippen LogP contribution >= 0.6 is 0 Å². The second kappa shape index (κ2) is 3.57. The number of esters is 1. The van der Waals surface area contributed by atoms with Crippen molar-refractivity contribution in [2.24, 2.45) is 0 Å². The van der Waals surface area contributed by atoms with Gasteiger partial charge in [-0.15, -0.1) is 0 Å². The van der Waals surface area contributed by atoms with Crippen LogP contribution in [0.2, 0.25) is 0 Å². The van der Waals surface area contributed by atoms with Crippen LogP contribution in [-0.2, 0) is 14.3 Å². The Morgan fingerprint density at radius 1 is 1.57 bits per heavy atom. The van der Waals surface area contributed by atoms with Gasteiger partial charge in [-0.1, -0.05) is 0 Å². The molecule has 0 aliphatic carbocycles. The molecule has 2 rings (SSSR count). The molecule has 2 aliphatic rings. The van der Waals surface area contributed by atoms with Crippen molar-refractivity contribution in [3.05, 3.63) is 0 Å². The van der Waals surface area contributed by atoms with E-state index in [4.69, 9.17) is 4.74 Å². The molecule has 2 N–H and O–H groups in total. The number of fused-ring (bicyclic) bond motifs is 2. The summed E-state index contributed by atoms with van der Waals surface area (Å²) >= 11 is 0. The van der Waals surface area contributed by atoms with Crippen molar-refractivity contribution in [1.29, 1.82) is 0 Å². The van der Waals surface area contributed by atoms with Crippen molar-refractivity contribution < 1.29 is 14.3 Å². The van der Waals surface area contributed by atoms with E-state index in [1.54, 1.807) is 6.92 Å². The minimum atomic E-state index is -0.499. The smallest absolute Gasteiger partial charge is 0.330 e. The summed E-state index contributed by atoms with van der Waals surface area (Å²) in [5, 5.41) is 5.80. The van der Waals surface area contributed by atoms with Crippen LogP contribution in [-0.4, -0.2) is 36.6 Å². The van der Waals surface area contributed by atoms with Crippen LogP contribution in [0, 0.1) is 0 Å². The number of hydrogen-bond donors (Lipinski definition) is 2. The van der Waals surface area contributed by atoms with E-state index in [0.717, 1.165) is 12.8 Å². The summed E-state index contributed by atoms with van der Waals surface area (Å²) in [7, 11) is 0. The summed E-state index contributed by atoms with van der Waals surface area (Å²) in [6.07, 6.45) is 1.67. The highest BCUT2D eigenvalue weighted by molar-refractivity contribution is 5.90. The molecule has 0 aromatic heterocycles. The van der Waals surface area contributed by atoms with Crippen molar-refractivity contribution >= 4 is 11.9 Å². The van der Waals surface area contributed by atoms with E-state index in [2.05, 4.69) is 10.6 Å². The fourth-order valence-corrected chi connectivity index (χ4v) is 2.05. The summed E-state index contributed by atoms with van der Waals surface area (Å²) in [6, 6.07) is -0.552. The number of rotatable bonds is 2. The minimum absolute atomic E-state index is 0.0525. The molecule has 1 amide bonds. The predicted octanol–water partition coefficient (Wildman–Crippen LogP) is -0.831. The lowest BCUT2D eigenvalue weighted by atomic mass is 10.1. The van der Waals surface area contributed by atoms with E-state index in [9.17, 15) is 9.59 Å². The summed E-state index contributed by atoms with van der Waals surface area (Å²) in [5.74, 6) is -0.421. The standard InChI is InChI=1S/C9H14N2O3/c1-2-14-9(13)7-5-3-4-6(10-5)8(12)11-7/h5-7,10H,2-4H2,1H3,(H,11,12)/t5-,6+,7?/m0/s1. The average molecular weight is 198 g/mol. The third-order valence-corrected chi connectivity index (χ3v) is 2.74. The fourth-order valence-electron chi connectivity index (χ4n) is 2.05. The van der Waals surface area contributed by atoms with Crippen LogP contribution in [0.4, 0.5) is 0 Å². The molecule has 2 aliphatic heterocycles. The van der Waals surface area contributed by atoms with Gasteiger partial charge in [-0.25, -0.2) is 4.79 Å². The SMILES string of the molecule is CCOC(=O)C1NC(=O)[C@H]2CC[C@@H]1N2. The van der Waals surface area contributed by atoms with Crippen molar-refractivity contribution in [1.82, 2.24) is 10.6 Å². The molecule has 3 atom stereocenters. The monoisotopic (exact) mass is 198 g/mol. The van der Waals surface area contributed by atoms with E-state index in [0.29, 0.717) is 6.61 Å². The fraction of sp³-hybridized carbons (Fsp3) is 0.778. The van der Waals surface area contributed by atoms with Crippen molar-refractivity contribution in [2.45, 2.75) is 37.9 Å². The van der Waals surface area contributed by atoms with Crippen LogP contribution < -0.4 is 10.6 Å². The van der Waals surface area contributed by atoms with Crippen LogP contribution in [0.5, 0.6) is 0 Å². The van der Waals surface area contributed by atoms with Gasteiger partial charge in [-0.05, 0) is 19.8 Å². The quantitative estimate of drug-likeness (QED) is 0.568. The third kappa shape index (κ3) is 1.48. The van der Waals surface area contributed by atoms with Crippen LogP contribution in [0.25, 0.3) is 0 Å². The number of nitrogens with one attached hydrogen (secondary N) is 2. The first-order valence-electron chi connectivity index (χ1n) is 4.95. The Kier molecular flexibility index (Phi) is 2.41. The zero-order chi connectivity index (χ0) is 10.1. The van der Waals surface area contributed by atoms with Gasteiger partial charge in [0, 0.05) is 6.04 Å². The average Bonchev–Trinajstić information content (AvgIpc) is 2.57. The molecule has 0 radical (unpaired) electrons. The number of hydrogen-bond acceptors (Lipinski definition) is 4. The summed E-state index contributed by atoms with van der Waals surface area (Å²) < 4.78 is 4.89. The van der Waals surface area contributed by atoms with E-state index >= 15 is 0 Å². The first-order valence-corrected chi connectivity index (χ1v) is 4.95. The predicted molar refractivity (Wildman–Crippen MR) is 48.5 cm³/mol. The van der Waals surface area contributed by atoms with E-state index in [-0.39, 0.29) is 24.0 Å². The molecule has 0 spiro atoms. The molecule has 2 bridgehead atoms. The number of carbonyl (C=O) groups excluding carboxylic acids is 2. The Labute approximate surface area is 82.2 Å². The van der Waals surface area contributed by atoms with Gasteiger partial charge in [0.15, 0.2) is 0 Å². The molecule has 0 aromatic rings. The summed E-state index contributed by atoms with van der Waals surface area (Å²) in [6.45, 7) is 2.11. The molecule has 0 saturated carbocycles. The number of ether oxygens (including phenoxy) is 1. The molecule has 2 heterocycles. The van der Waals surface area contributed by atoms with Gasteiger partial charge in [0.1, 0.15) is 6.04 Å². The molecular formula is C9H14N2O3. The molecule has 14 heavy (non-hydrogen) atoms. The Bertz CT molecular complexity index is 267. The van der Waals surface area contributed by atoms with Gasteiger partial charge in [0.05, 0.1) is 12.6 Å². The van der Waals surface area contributed by atoms with Crippen molar-refractivity contribution in [2.75, 3.05) is 6.61 Å². The van der Waals surface area contributed by atoms with Gasteiger partial charge in [0.25, 0.3) is 0 Å². The molecule has 5 heteroatoms. The normalized spacial score (nSPS) is 35.2. The lowest BCUT2D eigenvalue weighted by Gasteiger charge is -2.28. The number of amides is 1. The summed E-state index contributed by atoms with van der Waals surface area (Å²) in [5.41, 5.74) is 0. The zero-order valence-corrected chi connectivity index (χ0v) is 8.08. The molecule has 5 nitrogen and oxygen atoms in total. The first kappa shape index (κ1) is 9.45. The topological polar surface area (TPSA) is 67.4 Å². The van der Waals surface area contributed by atoms with Crippen LogP contribution in [0.15, 0.2) is 0 Å². The van der Waals surface area contributed by atoms with Crippen molar-refractivity contribution in [3.8, 4) is 0 Å². The molecular weight excluding hydrogens is 184 g/mol. The number of carbonyl (C=O) groups is 2. The van der Waals surface area contributed by atoms with Gasteiger partial charge in [0.2, 0.25) is 5.91 Å². The highest BCUT2D eigenvalue weighted by Crippen LogP contribution is 2.20. The maximum atomic E-state index is 11.5. The molecule has 2 fully saturated rings. The zero-order valence-electron chi connectivity index (χ0n) is 8.08. The highest BCUT2D eigenvalue weighted by Gasteiger charge is 2.43. The van der Waals surface area contributed by atoms with Gasteiger partial charge in [-0.2, -0.15) is 0 Å². The van der Waals surface area contributed by atoms with Crippen LogP contribution in [0.3, 0.4) is 0 Å². The van der Waals surface area contributed by atoms with E-state index < -0.39 is 6.04 Å². The Morgan fingerprint density at radius 2 is 2.36 bits per heavy atom. The first-order chi connectivity index (χ1) is 6.72. The highest BCUT2D eigenvalue weighted by atomic mass is 16.5. The lowest BCUT2D eigenvalue weighted by molar-refractivity contribution is -0.149. The number of piperazine rings is 1. The molecule has 0 aromatic carbocycles. The van der Waals surface area contributed by atoms with Gasteiger partial charge < -0.3 is 15.4 Å². The Balaban J connectivity index is 2.05.